The summed E-state index contributed by atoms with van der Waals surface area (Å²) in [5.41, 5.74) is 1.43. The van der Waals surface area contributed by atoms with Crippen LogP contribution >= 0.6 is 0 Å². The summed E-state index contributed by atoms with van der Waals surface area (Å²) in [6, 6.07) is 12.0. The van der Waals surface area contributed by atoms with Crippen LogP contribution in [0.1, 0.15) is 17.0 Å². The summed E-state index contributed by atoms with van der Waals surface area (Å²) < 4.78 is 61.8. The summed E-state index contributed by atoms with van der Waals surface area (Å²) in [7, 11) is -2.11. The number of rotatable bonds is 6. The van der Waals surface area contributed by atoms with E-state index in [4.69, 9.17) is 4.74 Å². The largest absolute Gasteiger partial charge is 0.371 e. The molecule has 0 radical (unpaired) electrons. The van der Waals surface area contributed by atoms with Gasteiger partial charge in [0.25, 0.3) is 10.0 Å². The second-order valence-corrected chi connectivity index (χ2v) is 9.22. The lowest BCUT2D eigenvalue weighted by atomic mass is 9.96. The number of ether oxygens (including phenoxy) is 1. The SMILES string of the molecule is Cn1cnc(S(=O)(=O)N2C[C@@H](OCc3cccc(F)c3)[C@H](c3ccc(F)cc3)C2)c1. The van der Waals surface area contributed by atoms with Gasteiger partial charge in [-0.15, -0.1) is 0 Å². The van der Waals surface area contributed by atoms with Crippen molar-refractivity contribution in [3.8, 4) is 0 Å². The van der Waals surface area contributed by atoms with E-state index >= 15 is 0 Å². The predicted molar refractivity (Wildman–Crippen MR) is 106 cm³/mol. The van der Waals surface area contributed by atoms with Gasteiger partial charge in [-0.25, -0.2) is 22.2 Å². The Morgan fingerprint density at radius 2 is 1.87 bits per heavy atom. The third-order valence-corrected chi connectivity index (χ3v) is 6.89. The summed E-state index contributed by atoms with van der Waals surface area (Å²) in [6.45, 7) is 0.437. The smallest absolute Gasteiger partial charge is 0.262 e. The average molecular weight is 433 g/mol. The fraction of sp³-hybridized carbons (Fsp3) is 0.286. The van der Waals surface area contributed by atoms with Crippen LogP contribution in [0, 0.1) is 11.6 Å². The van der Waals surface area contributed by atoms with E-state index in [0.717, 1.165) is 5.56 Å². The van der Waals surface area contributed by atoms with Crippen molar-refractivity contribution in [1.82, 2.24) is 13.9 Å². The maximum atomic E-state index is 13.5. The summed E-state index contributed by atoms with van der Waals surface area (Å²) in [5.74, 6) is -1.03. The summed E-state index contributed by atoms with van der Waals surface area (Å²) in [5, 5.41) is -0.0337. The van der Waals surface area contributed by atoms with Crippen LogP contribution in [-0.2, 0) is 28.4 Å². The van der Waals surface area contributed by atoms with E-state index in [0.29, 0.717) is 5.56 Å². The molecule has 0 aliphatic carbocycles. The first kappa shape index (κ1) is 20.6. The first-order valence-corrected chi connectivity index (χ1v) is 10.9. The second kappa shape index (κ2) is 8.25. The van der Waals surface area contributed by atoms with Crippen LogP contribution in [0.3, 0.4) is 0 Å². The Labute approximate surface area is 173 Å². The standard InChI is InChI=1S/C21H21F2N3O3S/c1-25-12-21(24-14-25)30(27,28)26-10-19(16-5-7-17(22)8-6-16)20(11-26)29-13-15-3-2-4-18(23)9-15/h2-9,12,14,19-20H,10-11,13H2,1H3/t19-,20+/m0/s1. The molecule has 3 aromatic rings. The minimum Gasteiger partial charge on any atom is -0.371 e. The van der Waals surface area contributed by atoms with Crippen molar-refractivity contribution < 1.29 is 21.9 Å². The number of benzene rings is 2. The molecule has 158 valence electrons. The Morgan fingerprint density at radius 1 is 1.10 bits per heavy atom. The molecule has 1 saturated heterocycles. The quantitative estimate of drug-likeness (QED) is 0.599. The number of hydrogen-bond acceptors (Lipinski definition) is 4. The van der Waals surface area contributed by atoms with Crippen LogP contribution in [0.15, 0.2) is 66.1 Å². The van der Waals surface area contributed by atoms with Gasteiger partial charge in [0.2, 0.25) is 0 Å². The van der Waals surface area contributed by atoms with Crippen LogP contribution in [-0.4, -0.2) is 41.5 Å². The second-order valence-electron chi connectivity index (χ2n) is 7.34. The van der Waals surface area contributed by atoms with E-state index in [-0.39, 0.29) is 42.3 Å². The lowest BCUT2D eigenvalue weighted by Gasteiger charge is -2.19. The minimum absolute atomic E-state index is 0.0337. The molecular formula is C21H21F2N3O3S. The summed E-state index contributed by atoms with van der Waals surface area (Å²) in [4.78, 5) is 3.97. The van der Waals surface area contributed by atoms with Gasteiger partial charge in [-0.3, -0.25) is 0 Å². The fourth-order valence-electron chi connectivity index (χ4n) is 3.62. The molecule has 1 fully saturated rings. The van der Waals surface area contributed by atoms with E-state index in [9.17, 15) is 17.2 Å². The highest BCUT2D eigenvalue weighted by Crippen LogP contribution is 2.33. The third-order valence-electron chi connectivity index (χ3n) is 5.17. The van der Waals surface area contributed by atoms with Gasteiger partial charge in [-0.2, -0.15) is 4.31 Å². The van der Waals surface area contributed by atoms with Crippen molar-refractivity contribution in [3.63, 3.8) is 0 Å². The number of aromatic nitrogens is 2. The van der Waals surface area contributed by atoms with Crippen molar-refractivity contribution in [1.29, 1.82) is 0 Å². The molecule has 4 rings (SSSR count). The highest BCUT2D eigenvalue weighted by molar-refractivity contribution is 7.89. The van der Waals surface area contributed by atoms with Gasteiger partial charge in [0, 0.05) is 32.3 Å². The zero-order chi connectivity index (χ0) is 21.3. The van der Waals surface area contributed by atoms with Crippen LogP contribution < -0.4 is 0 Å². The molecule has 2 atom stereocenters. The van der Waals surface area contributed by atoms with Crippen molar-refractivity contribution >= 4 is 10.0 Å². The Balaban J connectivity index is 1.59. The Bertz CT molecular complexity index is 1130. The molecule has 1 aliphatic rings. The fourth-order valence-corrected chi connectivity index (χ4v) is 5.06. The lowest BCUT2D eigenvalue weighted by Crippen LogP contribution is -2.30. The predicted octanol–water partition coefficient (Wildman–Crippen LogP) is 3.07. The van der Waals surface area contributed by atoms with Gasteiger partial charge in [-0.05, 0) is 35.4 Å². The molecule has 30 heavy (non-hydrogen) atoms. The molecule has 0 saturated carbocycles. The number of nitrogens with zero attached hydrogens (tertiary/aromatic N) is 3. The normalized spacial score (nSPS) is 20.0. The first-order valence-electron chi connectivity index (χ1n) is 9.42. The van der Waals surface area contributed by atoms with Gasteiger partial charge >= 0.3 is 0 Å². The molecule has 2 aromatic carbocycles. The molecule has 2 heterocycles. The Hall–Kier alpha value is -2.62. The van der Waals surface area contributed by atoms with Crippen LogP contribution in [0.5, 0.6) is 0 Å². The molecule has 1 aromatic heterocycles. The van der Waals surface area contributed by atoms with Crippen LogP contribution in [0.2, 0.25) is 0 Å². The molecule has 0 spiro atoms. The highest BCUT2D eigenvalue weighted by atomic mass is 32.2. The van der Waals surface area contributed by atoms with Gasteiger partial charge < -0.3 is 9.30 Å². The zero-order valence-electron chi connectivity index (χ0n) is 16.3. The van der Waals surface area contributed by atoms with Crippen molar-refractivity contribution in [2.45, 2.75) is 23.7 Å². The topological polar surface area (TPSA) is 64.4 Å². The molecule has 0 bridgehead atoms. The molecule has 0 N–H and O–H groups in total. The monoisotopic (exact) mass is 433 g/mol. The zero-order valence-corrected chi connectivity index (χ0v) is 17.1. The molecule has 0 unspecified atom stereocenters. The number of hydrogen-bond donors (Lipinski definition) is 0. The number of sulfonamides is 1. The highest BCUT2D eigenvalue weighted by Gasteiger charge is 2.41. The van der Waals surface area contributed by atoms with E-state index in [1.54, 1.807) is 35.9 Å². The summed E-state index contributed by atoms with van der Waals surface area (Å²) >= 11 is 0. The van der Waals surface area contributed by atoms with Gasteiger partial charge in [0.1, 0.15) is 11.6 Å². The van der Waals surface area contributed by atoms with E-state index in [1.807, 2.05) is 0 Å². The maximum Gasteiger partial charge on any atom is 0.262 e. The van der Waals surface area contributed by atoms with Gasteiger partial charge in [-0.1, -0.05) is 24.3 Å². The van der Waals surface area contributed by atoms with Crippen LogP contribution in [0.4, 0.5) is 8.78 Å². The number of halogens is 2. The van der Waals surface area contributed by atoms with Crippen molar-refractivity contribution in [3.05, 3.63) is 83.8 Å². The molecule has 0 amide bonds. The Kier molecular flexibility index (Phi) is 5.68. The minimum atomic E-state index is -3.80. The summed E-state index contributed by atoms with van der Waals surface area (Å²) in [6.07, 6.45) is 2.40. The molecule has 9 heteroatoms. The van der Waals surface area contributed by atoms with Crippen molar-refractivity contribution in [2.75, 3.05) is 13.1 Å². The number of imidazole rings is 1. The first-order chi connectivity index (χ1) is 14.3. The number of aryl methyl sites for hydroxylation is 1. The van der Waals surface area contributed by atoms with E-state index in [1.165, 1.54) is 41.1 Å². The van der Waals surface area contributed by atoms with Gasteiger partial charge in [0.05, 0.1) is 19.0 Å². The third kappa shape index (κ3) is 4.28. The van der Waals surface area contributed by atoms with Gasteiger partial charge in [0.15, 0.2) is 5.03 Å². The maximum absolute atomic E-state index is 13.5. The lowest BCUT2D eigenvalue weighted by molar-refractivity contribution is 0.0406. The van der Waals surface area contributed by atoms with E-state index in [2.05, 4.69) is 4.98 Å². The average Bonchev–Trinajstić information content (AvgIpc) is 3.34. The van der Waals surface area contributed by atoms with Crippen molar-refractivity contribution in [2.24, 2.45) is 7.05 Å². The Morgan fingerprint density at radius 3 is 2.53 bits per heavy atom. The van der Waals surface area contributed by atoms with Crippen LogP contribution in [0.25, 0.3) is 0 Å². The molecular weight excluding hydrogens is 412 g/mol. The molecule has 6 nitrogen and oxygen atoms in total. The molecule has 1 aliphatic heterocycles. The van der Waals surface area contributed by atoms with E-state index < -0.39 is 16.1 Å².